The molecule has 0 aliphatic carbocycles. The van der Waals surface area contributed by atoms with Crippen molar-refractivity contribution in [1.29, 1.82) is 0 Å². The van der Waals surface area contributed by atoms with Gasteiger partial charge in [-0.25, -0.2) is 0 Å². The molecule has 0 aromatic carbocycles. The van der Waals surface area contributed by atoms with Gasteiger partial charge in [-0.2, -0.15) is 0 Å². The summed E-state index contributed by atoms with van der Waals surface area (Å²) in [6.45, 7) is 6.20. The third-order valence-corrected chi connectivity index (χ3v) is 2.96. The number of nitrogens with one attached hydrogen (secondary N) is 1. The molecule has 0 bridgehead atoms. The summed E-state index contributed by atoms with van der Waals surface area (Å²) >= 11 is 0. The van der Waals surface area contributed by atoms with Crippen molar-refractivity contribution >= 4 is 11.9 Å². The van der Waals surface area contributed by atoms with Crippen molar-refractivity contribution in [2.45, 2.75) is 19.8 Å². The standard InChI is InChI=1S/C12H23N3O3/c1-2-6-15(10-12(17)18)11(16)9-14-7-3-4-13-5-8-14/h13H,2-10H2,1H3,(H,17,18). The molecule has 6 heteroatoms. The number of carbonyl (C=O) groups is 2. The molecule has 1 saturated heterocycles. The van der Waals surface area contributed by atoms with Gasteiger partial charge in [-0.15, -0.1) is 0 Å². The lowest BCUT2D eigenvalue weighted by Crippen LogP contribution is -2.43. The number of carboxylic acid groups (broad SMARTS) is 1. The summed E-state index contributed by atoms with van der Waals surface area (Å²) in [6.07, 6.45) is 1.81. The number of nitrogens with zero attached hydrogens (tertiary/aromatic N) is 2. The molecular formula is C12H23N3O3. The predicted octanol–water partition coefficient (Wildman–Crippen LogP) is -0.395. The van der Waals surface area contributed by atoms with Crippen LogP contribution in [0.25, 0.3) is 0 Å². The molecule has 2 N–H and O–H groups in total. The van der Waals surface area contributed by atoms with E-state index in [0.717, 1.165) is 39.0 Å². The van der Waals surface area contributed by atoms with E-state index in [9.17, 15) is 9.59 Å². The third-order valence-electron chi connectivity index (χ3n) is 2.96. The van der Waals surface area contributed by atoms with Gasteiger partial charge >= 0.3 is 5.97 Å². The Kier molecular flexibility index (Phi) is 6.67. The first-order valence-corrected chi connectivity index (χ1v) is 6.56. The second kappa shape index (κ2) is 8.05. The summed E-state index contributed by atoms with van der Waals surface area (Å²) in [6, 6.07) is 0. The Balaban J connectivity index is 2.45. The molecule has 1 fully saturated rings. The second-order valence-corrected chi connectivity index (χ2v) is 4.59. The van der Waals surface area contributed by atoms with Gasteiger partial charge in [0.1, 0.15) is 6.54 Å². The van der Waals surface area contributed by atoms with Crippen LogP contribution in [0, 0.1) is 0 Å². The fourth-order valence-electron chi connectivity index (χ4n) is 2.08. The fourth-order valence-corrected chi connectivity index (χ4v) is 2.08. The zero-order chi connectivity index (χ0) is 13.4. The molecule has 6 nitrogen and oxygen atoms in total. The van der Waals surface area contributed by atoms with E-state index in [1.54, 1.807) is 0 Å². The van der Waals surface area contributed by atoms with Gasteiger partial charge in [0, 0.05) is 19.6 Å². The van der Waals surface area contributed by atoms with E-state index >= 15 is 0 Å². The molecule has 104 valence electrons. The van der Waals surface area contributed by atoms with Crippen molar-refractivity contribution in [3.8, 4) is 0 Å². The Morgan fingerprint density at radius 3 is 2.78 bits per heavy atom. The minimum absolute atomic E-state index is 0.0823. The van der Waals surface area contributed by atoms with Gasteiger partial charge in [0.2, 0.25) is 5.91 Å². The molecule has 1 amide bonds. The zero-order valence-corrected chi connectivity index (χ0v) is 11.0. The summed E-state index contributed by atoms with van der Waals surface area (Å²) < 4.78 is 0. The summed E-state index contributed by atoms with van der Waals surface area (Å²) in [5, 5.41) is 12.1. The smallest absolute Gasteiger partial charge is 0.323 e. The normalized spacial score (nSPS) is 17.2. The first kappa shape index (κ1) is 14.9. The lowest BCUT2D eigenvalue weighted by Gasteiger charge is -2.25. The molecule has 1 aliphatic rings. The first-order chi connectivity index (χ1) is 8.63. The highest BCUT2D eigenvalue weighted by Gasteiger charge is 2.19. The van der Waals surface area contributed by atoms with Crippen LogP contribution in [0.3, 0.4) is 0 Å². The monoisotopic (exact) mass is 257 g/mol. The van der Waals surface area contributed by atoms with Crippen molar-refractivity contribution < 1.29 is 14.7 Å². The van der Waals surface area contributed by atoms with Gasteiger partial charge in [-0.3, -0.25) is 14.5 Å². The molecule has 1 heterocycles. The predicted molar refractivity (Wildman–Crippen MR) is 68.4 cm³/mol. The van der Waals surface area contributed by atoms with E-state index in [1.165, 1.54) is 4.90 Å². The number of hydrogen-bond acceptors (Lipinski definition) is 4. The van der Waals surface area contributed by atoms with Gasteiger partial charge in [0.25, 0.3) is 0 Å². The molecule has 1 rings (SSSR count). The third kappa shape index (κ3) is 5.46. The van der Waals surface area contributed by atoms with Crippen molar-refractivity contribution in [3.63, 3.8) is 0 Å². The minimum Gasteiger partial charge on any atom is -0.480 e. The van der Waals surface area contributed by atoms with Crippen LogP contribution in [0.2, 0.25) is 0 Å². The van der Waals surface area contributed by atoms with Crippen LogP contribution in [-0.4, -0.2) is 72.6 Å². The maximum atomic E-state index is 12.0. The second-order valence-electron chi connectivity index (χ2n) is 4.59. The molecule has 0 unspecified atom stereocenters. The molecule has 1 aliphatic heterocycles. The topological polar surface area (TPSA) is 72.9 Å². The van der Waals surface area contributed by atoms with E-state index < -0.39 is 5.97 Å². The van der Waals surface area contributed by atoms with E-state index in [4.69, 9.17) is 5.11 Å². The van der Waals surface area contributed by atoms with E-state index in [0.29, 0.717) is 13.1 Å². The number of rotatable bonds is 6. The lowest BCUT2D eigenvalue weighted by atomic mass is 10.3. The molecule has 0 radical (unpaired) electrons. The minimum atomic E-state index is -0.950. The highest BCUT2D eigenvalue weighted by molar-refractivity contribution is 5.82. The van der Waals surface area contributed by atoms with E-state index in [1.807, 2.05) is 6.92 Å². The molecule has 18 heavy (non-hydrogen) atoms. The Bertz CT molecular complexity index is 276. The maximum Gasteiger partial charge on any atom is 0.323 e. The molecule has 0 atom stereocenters. The number of hydrogen-bond donors (Lipinski definition) is 2. The average molecular weight is 257 g/mol. The Labute approximate surface area is 108 Å². The van der Waals surface area contributed by atoms with Crippen LogP contribution in [0.1, 0.15) is 19.8 Å². The quantitative estimate of drug-likeness (QED) is 0.678. The van der Waals surface area contributed by atoms with Crippen molar-refractivity contribution in [2.75, 3.05) is 45.8 Å². The van der Waals surface area contributed by atoms with Crippen LogP contribution in [0.4, 0.5) is 0 Å². The molecule has 0 spiro atoms. The lowest BCUT2D eigenvalue weighted by molar-refractivity contribution is -0.144. The van der Waals surface area contributed by atoms with Crippen LogP contribution in [0.15, 0.2) is 0 Å². The fraction of sp³-hybridized carbons (Fsp3) is 0.833. The number of aliphatic carboxylic acids is 1. The van der Waals surface area contributed by atoms with Gasteiger partial charge in [-0.05, 0) is 25.9 Å². The average Bonchev–Trinajstić information content (AvgIpc) is 2.56. The maximum absolute atomic E-state index is 12.0. The molecule has 0 aromatic rings. The van der Waals surface area contributed by atoms with E-state index in [-0.39, 0.29) is 12.5 Å². The highest BCUT2D eigenvalue weighted by atomic mass is 16.4. The van der Waals surface area contributed by atoms with Crippen LogP contribution in [0.5, 0.6) is 0 Å². The first-order valence-electron chi connectivity index (χ1n) is 6.56. The van der Waals surface area contributed by atoms with Crippen LogP contribution >= 0.6 is 0 Å². The van der Waals surface area contributed by atoms with Gasteiger partial charge < -0.3 is 15.3 Å². The number of carboxylic acids is 1. The van der Waals surface area contributed by atoms with Crippen molar-refractivity contribution in [3.05, 3.63) is 0 Å². The highest BCUT2D eigenvalue weighted by Crippen LogP contribution is 1.99. The summed E-state index contributed by atoms with van der Waals surface area (Å²) in [7, 11) is 0. The summed E-state index contributed by atoms with van der Waals surface area (Å²) in [5.41, 5.74) is 0. The Hall–Kier alpha value is -1.14. The number of amides is 1. The summed E-state index contributed by atoms with van der Waals surface area (Å²) in [4.78, 5) is 26.3. The molecule has 0 aromatic heterocycles. The van der Waals surface area contributed by atoms with Crippen molar-refractivity contribution in [2.24, 2.45) is 0 Å². The number of carbonyl (C=O) groups excluding carboxylic acids is 1. The van der Waals surface area contributed by atoms with Crippen LogP contribution in [-0.2, 0) is 9.59 Å². The van der Waals surface area contributed by atoms with Gasteiger partial charge in [0.15, 0.2) is 0 Å². The Morgan fingerprint density at radius 2 is 2.11 bits per heavy atom. The molecular weight excluding hydrogens is 234 g/mol. The van der Waals surface area contributed by atoms with Crippen molar-refractivity contribution in [1.82, 2.24) is 15.1 Å². The van der Waals surface area contributed by atoms with Gasteiger partial charge in [0.05, 0.1) is 6.54 Å². The SMILES string of the molecule is CCCN(CC(=O)O)C(=O)CN1CCCNCC1. The zero-order valence-electron chi connectivity index (χ0n) is 11.0. The van der Waals surface area contributed by atoms with E-state index in [2.05, 4.69) is 10.2 Å². The van der Waals surface area contributed by atoms with Gasteiger partial charge in [-0.1, -0.05) is 6.92 Å². The Morgan fingerprint density at radius 1 is 1.33 bits per heavy atom. The molecule has 0 saturated carbocycles. The largest absolute Gasteiger partial charge is 0.480 e. The summed E-state index contributed by atoms with van der Waals surface area (Å²) in [5.74, 6) is -1.03. The van der Waals surface area contributed by atoms with Crippen LogP contribution < -0.4 is 5.32 Å².